The Bertz CT molecular complexity index is 725. The number of rotatable bonds is 4. The minimum atomic E-state index is -0.862. The van der Waals surface area contributed by atoms with Crippen molar-refractivity contribution in [2.24, 2.45) is 11.5 Å². The van der Waals surface area contributed by atoms with Gasteiger partial charge in [0, 0.05) is 24.0 Å². The number of aromatic nitrogens is 1. The number of hydrogen-bond donors (Lipinski definition) is 2. The third-order valence-corrected chi connectivity index (χ3v) is 2.85. The summed E-state index contributed by atoms with van der Waals surface area (Å²) in [5.41, 5.74) is 10.1. The molecule has 21 heavy (non-hydrogen) atoms. The number of nitro benzene ring substituents is 1. The Morgan fingerprint density at radius 1 is 1.05 bits per heavy atom. The first-order valence-electron chi connectivity index (χ1n) is 5.75. The Balaban J connectivity index is 2.88. The van der Waals surface area contributed by atoms with Gasteiger partial charge in [-0.05, 0) is 6.07 Å². The summed E-state index contributed by atoms with van der Waals surface area (Å²) < 4.78 is 0. The van der Waals surface area contributed by atoms with Crippen molar-refractivity contribution in [1.29, 1.82) is 0 Å². The fraction of sp³-hybridized carbons (Fsp3) is 0. The number of nitrogens with zero attached hydrogens (tertiary/aromatic N) is 2. The van der Waals surface area contributed by atoms with Crippen molar-refractivity contribution < 1.29 is 14.5 Å². The molecule has 0 bridgehead atoms. The van der Waals surface area contributed by atoms with Gasteiger partial charge in [-0.25, -0.2) is 0 Å². The molecule has 106 valence electrons. The molecule has 0 saturated heterocycles. The standard InChI is InChI=1S/C13H10N4O4/c14-12(18)8-5-16-6-9(13(15)19)11(8)7-3-1-2-4-10(7)17(20)21/h1-6H,(H2,14,18)(H2,15,19). The Labute approximate surface area is 118 Å². The van der Waals surface area contributed by atoms with E-state index in [0.29, 0.717) is 0 Å². The molecule has 0 radical (unpaired) electrons. The minimum absolute atomic E-state index is 0.0114. The molecule has 2 aromatic rings. The van der Waals surface area contributed by atoms with Gasteiger partial charge in [-0.2, -0.15) is 0 Å². The summed E-state index contributed by atoms with van der Waals surface area (Å²) in [6.07, 6.45) is 2.28. The van der Waals surface area contributed by atoms with E-state index in [0.717, 1.165) is 12.4 Å². The smallest absolute Gasteiger partial charge is 0.277 e. The van der Waals surface area contributed by atoms with Gasteiger partial charge in [0.25, 0.3) is 17.5 Å². The summed E-state index contributed by atoms with van der Waals surface area (Å²) in [6.45, 7) is 0. The maximum absolute atomic E-state index is 11.5. The van der Waals surface area contributed by atoms with E-state index in [4.69, 9.17) is 11.5 Å². The van der Waals surface area contributed by atoms with Crippen LogP contribution in [0.25, 0.3) is 11.1 Å². The minimum Gasteiger partial charge on any atom is -0.366 e. The lowest BCUT2D eigenvalue weighted by Crippen LogP contribution is -2.19. The van der Waals surface area contributed by atoms with Gasteiger partial charge < -0.3 is 11.5 Å². The Hall–Kier alpha value is -3.29. The van der Waals surface area contributed by atoms with Crippen molar-refractivity contribution in [2.45, 2.75) is 0 Å². The third-order valence-electron chi connectivity index (χ3n) is 2.85. The maximum Gasteiger partial charge on any atom is 0.277 e. The predicted octanol–water partition coefficient (Wildman–Crippen LogP) is 0.855. The second-order valence-electron chi connectivity index (χ2n) is 4.11. The molecule has 2 amide bonds. The van der Waals surface area contributed by atoms with Crippen molar-refractivity contribution in [3.05, 3.63) is 57.9 Å². The Morgan fingerprint density at radius 3 is 2.05 bits per heavy atom. The van der Waals surface area contributed by atoms with Crippen molar-refractivity contribution in [2.75, 3.05) is 0 Å². The Morgan fingerprint density at radius 2 is 1.57 bits per heavy atom. The highest BCUT2D eigenvalue weighted by Crippen LogP contribution is 2.34. The maximum atomic E-state index is 11.5. The number of carbonyl (C=O) groups is 2. The molecule has 0 saturated carbocycles. The van der Waals surface area contributed by atoms with Crippen molar-refractivity contribution in [3.63, 3.8) is 0 Å². The zero-order valence-electron chi connectivity index (χ0n) is 10.6. The average Bonchev–Trinajstić information content (AvgIpc) is 2.46. The summed E-state index contributed by atoms with van der Waals surface area (Å²) in [5, 5.41) is 11.1. The van der Waals surface area contributed by atoms with Gasteiger partial charge in [-0.15, -0.1) is 0 Å². The molecule has 0 aliphatic rings. The molecule has 0 spiro atoms. The van der Waals surface area contributed by atoms with Crippen LogP contribution in [0, 0.1) is 10.1 Å². The number of amides is 2. The molecular weight excluding hydrogens is 276 g/mol. The molecule has 4 N–H and O–H groups in total. The van der Waals surface area contributed by atoms with Gasteiger partial charge in [-0.1, -0.05) is 12.1 Å². The van der Waals surface area contributed by atoms with Crippen LogP contribution in [-0.4, -0.2) is 21.7 Å². The number of hydrogen-bond acceptors (Lipinski definition) is 5. The van der Waals surface area contributed by atoms with Crippen LogP contribution in [0.1, 0.15) is 20.7 Å². The molecule has 1 aromatic carbocycles. The zero-order chi connectivity index (χ0) is 15.6. The van der Waals surface area contributed by atoms with Gasteiger partial charge in [0.2, 0.25) is 0 Å². The topological polar surface area (TPSA) is 142 Å². The van der Waals surface area contributed by atoms with Gasteiger partial charge in [0.15, 0.2) is 0 Å². The van der Waals surface area contributed by atoms with Crippen LogP contribution in [0.5, 0.6) is 0 Å². The first-order valence-corrected chi connectivity index (χ1v) is 5.75. The van der Waals surface area contributed by atoms with Gasteiger partial charge in [0.1, 0.15) is 0 Å². The number of pyridine rings is 1. The van der Waals surface area contributed by atoms with Crippen molar-refractivity contribution in [3.8, 4) is 11.1 Å². The average molecular weight is 286 g/mol. The SMILES string of the molecule is NC(=O)c1cncc(C(N)=O)c1-c1ccccc1[N+](=O)[O-]. The van der Waals surface area contributed by atoms with E-state index < -0.39 is 16.7 Å². The Kier molecular flexibility index (Phi) is 3.61. The number of carbonyl (C=O) groups excluding carboxylic acids is 2. The van der Waals surface area contributed by atoms with E-state index in [1.54, 1.807) is 0 Å². The second kappa shape index (κ2) is 5.37. The summed E-state index contributed by atoms with van der Waals surface area (Å²) >= 11 is 0. The molecular formula is C13H10N4O4. The van der Waals surface area contributed by atoms with E-state index >= 15 is 0 Å². The molecule has 0 atom stereocenters. The molecule has 8 nitrogen and oxygen atoms in total. The molecule has 0 fully saturated rings. The number of primary amides is 2. The van der Waals surface area contributed by atoms with Crippen LogP contribution in [0.15, 0.2) is 36.7 Å². The summed E-state index contributed by atoms with van der Waals surface area (Å²) in [4.78, 5) is 37.2. The molecule has 0 aliphatic carbocycles. The molecule has 1 heterocycles. The van der Waals surface area contributed by atoms with E-state index in [1.165, 1.54) is 24.3 Å². The fourth-order valence-electron chi connectivity index (χ4n) is 1.97. The normalized spacial score (nSPS) is 10.1. The van der Waals surface area contributed by atoms with E-state index in [1.807, 2.05) is 0 Å². The third kappa shape index (κ3) is 2.54. The van der Waals surface area contributed by atoms with E-state index in [2.05, 4.69) is 4.98 Å². The predicted molar refractivity (Wildman–Crippen MR) is 73.4 cm³/mol. The fourth-order valence-corrected chi connectivity index (χ4v) is 1.97. The lowest BCUT2D eigenvalue weighted by Gasteiger charge is -2.10. The highest BCUT2D eigenvalue weighted by Gasteiger charge is 2.24. The number of benzene rings is 1. The number of nitrogens with two attached hydrogens (primary N) is 2. The summed E-state index contributed by atoms with van der Waals surface area (Å²) in [5.74, 6) is -1.72. The van der Waals surface area contributed by atoms with Crippen LogP contribution >= 0.6 is 0 Å². The molecule has 1 aromatic heterocycles. The van der Waals surface area contributed by atoms with Crippen LogP contribution in [0.2, 0.25) is 0 Å². The quantitative estimate of drug-likeness (QED) is 0.632. The van der Waals surface area contributed by atoms with Gasteiger partial charge in [-0.3, -0.25) is 24.7 Å². The molecule has 2 rings (SSSR count). The van der Waals surface area contributed by atoms with Crippen LogP contribution in [0.3, 0.4) is 0 Å². The van der Waals surface area contributed by atoms with Crippen LogP contribution in [0.4, 0.5) is 5.69 Å². The van der Waals surface area contributed by atoms with Crippen LogP contribution < -0.4 is 11.5 Å². The van der Waals surface area contributed by atoms with Crippen molar-refractivity contribution >= 4 is 17.5 Å². The zero-order valence-corrected chi connectivity index (χ0v) is 10.6. The highest BCUT2D eigenvalue weighted by molar-refractivity contribution is 6.08. The summed E-state index contributed by atoms with van der Waals surface area (Å²) in [7, 11) is 0. The van der Waals surface area contributed by atoms with E-state index in [9.17, 15) is 19.7 Å². The first-order chi connectivity index (χ1) is 9.93. The largest absolute Gasteiger partial charge is 0.366 e. The number of nitro groups is 1. The second-order valence-corrected chi connectivity index (χ2v) is 4.11. The monoisotopic (exact) mass is 286 g/mol. The van der Waals surface area contributed by atoms with Crippen molar-refractivity contribution in [1.82, 2.24) is 4.98 Å². The van der Waals surface area contributed by atoms with Gasteiger partial charge in [0.05, 0.1) is 21.6 Å². The first kappa shape index (κ1) is 14.1. The lowest BCUT2D eigenvalue weighted by atomic mass is 9.94. The molecule has 0 aliphatic heterocycles. The van der Waals surface area contributed by atoms with Crippen LogP contribution in [-0.2, 0) is 0 Å². The van der Waals surface area contributed by atoms with Gasteiger partial charge >= 0.3 is 0 Å². The molecule has 8 heteroatoms. The lowest BCUT2D eigenvalue weighted by molar-refractivity contribution is -0.384. The van der Waals surface area contributed by atoms with E-state index in [-0.39, 0.29) is 27.9 Å². The molecule has 0 unspecified atom stereocenters. The highest BCUT2D eigenvalue weighted by atomic mass is 16.6. The number of para-hydroxylation sites is 1. The summed E-state index contributed by atoms with van der Waals surface area (Å²) in [6, 6.07) is 5.67.